The second kappa shape index (κ2) is 7.01. The molecule has 0 aromatic heterocycles. The molecule has 82 valence electrons. The van der Waals surface area contributed by atoms with Gasteiger partial charge in [0.15, 0.2) is 0 Å². The van der Waals surface area contributed by atoms with E-state index in [1.807, 2.05) is 18.2 Å². The number of aryl methyl sites for hydroxylation is 1. The van der Waals surface area contributed by atoms with E-state index >= 15 is 0 Å². The predicted octanol–water partition coefficient (Wildman–Crippen LogP) is 1.38. The second-order valence-electron chi connectivity index (χ2n) is 3.34. The second-order valence-corrected chi connectivity index (χ2v) is 3.34. The molecule has 3 nitrogen and oxygen atoms in total. The summed E-state index contributed by atoms with van der Waals surface area (Å²) in [5.74, 6) is -0.189. The number of ether oxygens (including phenoxy) is 1. The number of carbonyl (C=O) groups excluding carboxylic acids is 1. The summed E-state index contributed by atoms with van der Waals surface area (Å²) in [5.41, 5.74) is 1.28. The van der Waals surface area contributed by atoms with Crippen LogP contribution in [0.5, 0.6) is 0 Å². The van der Waals surface area contributed by atoms with Crippen molar-refractivity contribution in [3.8, 4) is 0 Å². The molecule has 3 heteroatoms. The number of nitrogens with one attached hydrogen (secondary N) is 1. The maximum absolute atomic E-state index is 11.0. The van der Waals surface area contributed by atoms with Crippen LogP contribution in [0.4, 0.5) is 0 Å². The van der Waals surface area contributed by atoms with Crippen LogP contribution in [0.2, 0.25) is 0 Å². The van der Waals surface area contributed by atoms with E-state index in [4.69, 9.17) is 4.74 Å². The lowest BCUT2D eigenvalue weighted by Crippen LogP contribution is -2.21. The van der Waals surface area contributed by atoms with Crippen LogP contribution in [-0.4, -0.2) is 26.2 Å². The van der Waals surface area contributed by atoms with Crippen molar-refractivity contribution in [2.24, 2.45) is 0 Å². The molecule has 0 spiro atoms. The summed E-state index contributed by atoms with van der Waals surface area (Å²) in [7, 11) is 1.73. The quantitative estimate of drug-likeness (QED) is 0.566. The molecule has 0 aliphatic heterocycles. The third kappa shape index (κ3) is 5.18. The van der Waals surface area contributed by atoms with Gasteiger partial charge in [0.05, 0.1) is 13.2 Å². The summed E-state index contributed by atoms with van der Waals surface area (Å²) in [4.78, 5) is 11.0. The first-order valence-corrected chi connectivity index (χ1v) is 5.17. The highest BCUT2D eigenvalue weighted by molar-refractivity contribution is 5.71. The molecule has 0 radical (unpaired) electrons. The standard InChI is InChI=1S/C12H17NO2/c1-13-10-12(14)15-9-5-8-11-6-3-2-4-7-11/h2-4,6-7,13H,5,8-10H2,1H3. The molecule has 0 unspecified atom stereocenters. The van der Waals surface area contributed by atoms with E-state index in [1.54, 1.807) is 7.05 Å². The Kier molecular flexibility index (Phi) is 5.48. The summed E-state index contributed by atoms with van der Waals surface area (Å²) in [6.45, 7) is 0.779. The van der Waals surface area contributed by atoms with Gasteiger partial charge in [-0.05, 0) is 25.5 Å². The van der Waals surface area contributed by atoms with Gasteiger partial charge in [0.1, 0.15) is 0 Å². The van der Waals surface area contributed by atoms with Crippen LogP contribution < -0.4 is 5.32 Å². The van der Waals surface area contributed by atoms with Crippen molar-refractivity contribution in [2.45, 2.75) is 12.8 Å². The minimum absolute atomic E-state index is 0.189. The number of benzene rings is 1. The fourth-order valence-corrected chi connectivity index (χ4v) is 1.30. The van der Waals surface area contributed by atoms with Crippen LogP contribution in [0.25, 0.3) is 0 Å². The monoisotopic (exact) mass is 207 g/mol. The number of carbonyl (C=O) groups is 1. The largest absolute Gasteiger partial charge is 0.465 e. The zero-order chi connectivity index (χ0) is 10.9. The zero-order valence-electron chi connectivity index (χ0n) is 9.03. The lowest BCUT2D eigenvalue weighted by Gasteiger charge is -2.04. The van der Waals surface area contributed by atoms with Crippen molar-refractivity contribution >= 4 is 5.97 Å². The van der Waals surface area contributed by atoms with E-state index in [0.717, 1.165) is 12.8 Å². The molecule has 0 heterocycles. The van der Waals surface area contributed by atoms with Crippen LogP contribution in [-0.2, 0) is 16.0 Å². The molecular formula is C12H17NO2. The summed E-state index contributed by atoms with van der Waals surface area (Å²) < 4.78 is 5.00. The molecule has 0 atom stereocenters. The Morgan fingerprint density at radius 2 is 2.07 bits per heavy atom. The van der Waals surface area contributed by atoms with Crippen LogP contribution in [0.3, 0.4) is 0 Å². The molecule has 0 bridgehead atoms. The molecule has 0 amide bonds. The molecule has 0 saturated heterocycles. The Morgan fingerprint density at radius 1 is 1.33 bits per heavy atom. The average molecular weight is 207 g/mol. The Morgan fingerprint density at radius 3 is 2.73 bits per heavy atom. The highest BCUT2D eigenvalue weighted by Crippen LogP contribution is 2.02. The number of rotatable bonds is 6. The first-order valence-electron chi connectivity index (χ1n) is 5.17. The minimum atomic E-state index is -0.189. The van der Waals surface area contributed by atoms with Crippen molar-refractivity contribution in [2.75, 3.05) is 20.2 Å². The van der Waals surface area contributed by atoms with Crippen LogP contribution in [0.15, 0.2) is 30.3 Å². The third-order valence-electron chi connectivity index (χ3n) is 2.04. The Bertz CT molecular complexity index is 285. The number of hydrogen-bond acceptors (Lipinski definition) is 3. The van der Waals surface area contributed by atoms with Crippen molar-refractivity contribution in [1.82, 2.24) is 5.32 Å². The van der Waals surface area contributed by atoms with E-state index < -0.39 is 0 Å². The lowest BCUT2D eigenvalue weighted by molar-refractivity contribution is -0.142. The first-order chi connectivity index (χ1) is 7.33. The van der Waals surface area contributed by atoms with Gasteiger partial charge in [0.25, 0.3) is 0 Å². The maximum atomic E-state index is 11.0. The van der Waals surface area contributed by atoms with Gasteiger partial charge in [0.2, 0.25) is 0 Å². The number of likely N-dealkylation sites (N-methyl/N-ethyl adjacent to an activating group) is 1. The van der Waals surface area contributed by atoms with Gasteiger partial charge in [-0.25, -0.2) is 0 Å². The fraction of sp³-hybridized carbons (Fsp3) is 0.417. The summed E-state index contributed by atoms with van der Waals surface area (Å²) in [6.07, 6.45) is 1.83. The van der Waals surface area contributed by atoms with Gasteiger partial charge in [-0.15, -0.1) is 0 Å². The Hall–Kier alpha value is -1.35. The molecular weight excluding hydrogens is 190 g/mol. The van der Waals surface area contributed by atoms with Crippen molar-refractivity contribution in [3.05, 3.63) is 35.9 Å². The molecule has 15 heavy (non-hydrogen) atoms. The molecule has 0 aliphatic rings. The zero-order valence-corrected chi connectivity index (χ0v) is 9.03. The Balaban J connectivity index is 2.10. The molecule has 1 aromatic rings. The molecule has 0 fully saturated rings. The molecule has 0 aliphatic carbocycles. The van der Waals surface area contributed by atoms with Crippen molar-refractivity contribution < 1.29 is 9.53 Å². The smallest absolute Gasteiger partial charge is 0.319 e. The Labute approximate surface area is 90.4 Å². The first kappa shape index (κ1) is 11.7. The van der Waals surface area contributed by atoms with Gasteiger partial charge < -0.3 is 10.1 Å². The number of esters is 1. The molecule has 1 aromatic carbocycles. The highest BCUT2D eigenvalue weighted by atomic mass is 16.5. The van der Waals surface area contributed by atoms with E-state index in [1.165, 1.54) is 5.56 Å². The van der Waals surface area contributed by atoms with Crippen LogP contribution in [0.1, 0.15) is 12.0 Å². The molecule has 1 rings (SSSR count). The summed E-state index contributed by atoms with van der Waals surface area (Å²) in [5, 5.41) is 2.75. The van der Waals surface area contributed by atoms with Crippen LogP contribution >= 0.6 is 0 Å². The topological polar surface area (TPSA) is 38.3 Å². The predicted molar refractivity (Wildman–Crippen MR) is 59.6 cm³/mol. The SMILES string of the molecule is CNCC(=O)OCCCc1ccccc1. The van der Waals surface area contributed by atoms with Gasteiger partial charge in [-0.1, -0.05) is 30.3 Å². The number of hydrogen-bond donors (Lipinski definition) is 1. The van der Waals surface area contributed by atoms with E-state index in [-0.39, 0.29) is 12.5 Å². The fourth-order valence-electron chi connectivity index (χ4n) is 1.30. The van der Waals surface area contributed by atoms with Gasteiger partial charge in [-0.2, -0.15) is 0 Å². The van der Waals surface area contributed by atoms with E-state index in [9.17, 15) is 4.79 Å². The minimum Gasteiger partial charge on any atom is -0.465 e. The van der Waals surface area contributed by atoms with Crippen LogP contribution in [0, 0.1) is 0 Å². The van der Waals surface area contributed by atoms with Gasteiger partial charge in [0, 0.05) is 0 Å². The highest BCUT2D eigenvalue weighted by Gasteiger charge is 1.99. The lowest BCUT2D eigenvalue weighted by atomic mass is 10.1. The van der Waals surface area contributed by atoms with Gasteiger partial charge in [-0.3, -0.25) is 4.79 Å². The normalized spacial score (nSPS) is 9.93. The average Bonchev–Trinajstić information content (AvgIpc) is 2.26. The molecule has 0 saturated carbocycles. The van der Waals surface area contributed by atoms with Gasteiger partial charge >= 0.3 is 5.97 Å². The van der Waals surface area contributed by atoms with Crippen molar-refractivity contribution in [3.63, 3.8) is 0 Å². The third-order valence-corrected chi connectivity index (χ3v) is 2.04. The summed E-state index contributed by atoms with van der Waals surface area (Å²) >= 11 is 0. The van der Waals surface area contributed by atoms with E-state index in [2.05, 4.69) is 17.4 Å². The summed E-state index contributed by atoms with van der Waals surface area (Å²) in [6, 6.07) is 10.2. The van der Waals surface area contributed by atoms with Crippen molar-refractivity contribution in [1.29, 1.82) is 0 Å². The maximum Gasteiger partial charge on any atom is 0.319 e. The van der Waals surface area contributed by atoms with E-state index in [0.29, 0.717) is 6.61 Å². The molecule has 1 N–H and O–H groups in total.